The van der Waals surface area contributed by atoms with Crippen LogP contribution in [0.2, 0.25) is 5.15 Å². The van der Waals surface area contributed by atoms with E-state index < -0.39 is 0 Å². The quantitative estimate of drug-likeness (QED) is 0.804. The number of anilines is 1. The number of nitrogens with zero attached hydrogens (tertiary/aromatic N) is 4. The zero-order valence-electron chi connectivity index (χ0n) is 11.5. The van der Waals surface area contributed by atoms with Gasteiger partial charge < -0.3 is 5.32 Å². The van der Waals surface area contributed by atoms with E-state index >= 15 is 0 Å². The molecule has 106 valence electrons. The second-order valence-electron chi connectivity index (χ2n) is 4.68. The molecule has 3 rings (SSSR count). The third kappa shape index (κ3) is 3.38. The maximum atomic E-state index is 5.81. The van der Waals surface area contributed by atoms with Gasteiger partial charge in [0.2, 0.25) is 0 Å². The van der Waals surface area contributed by atoms with E-state index in [4.69, 9.17) is 11.6 Å². The Morgan fingerprint density at radius 1 is 1.19 bits per heavy atom. The largest absolute Gasteiger partial charge is 0.365 e. The predicted molar refractivity (Wildman–Crippen MR) is 83.0 cm³/mol. The first-order chi connectivity index (χ1) is 10.2. The number of hydrogen-bond acceptors (Lipinski definition) is 4. The molecule has 6 heteroatoms. The summed E-state index contributed by atoms with van der Waals surface area (Å²) in [5.41, 5.74) is 3.39. The van der Waals surface area contributed by atoms with Gasteiger partial charge in [-0.2, -0.15) is 5.10 Å². The van der Waals surface area contributed by atoms with Crippen molar-refractivity contribution < 1.29 is 0 Å². The van der Waals surface area contributed by atoms with E-state index in [9.17, 15) is 0 Å². The molecule has 0 aliphatic heterocycles. The van der Waals surface area contributed by atoms with Crippen LogP contribution in [0.15, 0.2) is 49.1 Å². The molecule has 1 aromatic carbocycles. The van der Waals surface area contributed by atoms with E-state index in [0.29, 0.717) is 17.5 Å². The molecule has 0 amide bonds. The Morgan fingerprint density at radius 2 is 2.10 bits per heavy atom. The van der Waals surface area contributed by atoms with Crippen molar-refractivity contribution in [2.75, 3.05) is 5.32 Å². The minimum Gasteiger partial charge on any atom is -0.365 e. The van der Waals surface area contributed by atoms with E-state index in [1.807, 2.05) is 25.5 Å². The highest BCUT2D eigenvalue weighted by atomic mass is 35.5. The molecule has 0 aliphatic carbocycles. The molecule has 2 heterocycles. The highest BCUT2D eigenvalue weighted by Crippen LogP contribution is 2.20. The lowest BCUT2D eigenvalue weighted by molar-refractivity contribution is 0.768. The lowest BCUT2D eigenvalue weighted by atomic mass is 10.1. The first-order valence-electron chi connectivity index (χ1n) is 6.50. The Labute approximate surface area is 127 Å². The number of rotatable bonds is 4. The molecule has 0 bridgehead atoms. The standard InChI is InChI=1S/C15H14ClN5/c1-21-10-13(7-19-21)12-4-2-3-11(5-12)6-18-15-9-17-8-14(16)20-15/h2-5,7-10H,6H2,1H3,(H,18,20). The van der Waals surface area contributed by atoms with Gasteiger partial charge in [-0.25, -0.2) is 4.98 Å². The number of halogens is 1. The molecule has 3 aromatic rings. The maximum Gasteiger partial charge on any atom is 0.149 e. The summed E-state index contributed by atoms with van der Waals surface area (Å²) in [7, 11) is 1.91. The van der Waals surface area contributed by atoms with Crippen LogP contribution in [0.1, 0.15) is 5.56 Å². The first-order valence-corrected chi connectivity index (χ1v) is 6.88. The Kier molecular flexibility index (Phi) is 3.83. The van der Waals surface area contributed by atoms with Crippen LogP contribution in [0.4, 0.5) is 5.82 Å². The minimum absolute atomic E-state index is 0.379. The summed E-state index contributed by atoms with van der Waals surface area (Å²) < 4.78 is 1.79. The van der Waals surface area contributed by atoms with Crippen molar-refractivity contribution in [1.29, 1.82) is 0 Å². The molecule has 0 unspecified atom stereocenters. The van der Waals surface area contributed by atoms with Gasteiger partial charge in [0.1, 0.15) is 11.0 Å². The van der Waals surface area contributed by atoms with Gasteiger partial charge in [-0.1, -0.05) is 29.8 Å². The highest BCUT2D eigenvalue weighted by molar-refractivity contribution is 6.29. The van der Waals surface area contributed by atoms with E-state index in [-0.39, 0.29) is 0 Å². The second-order valence-corrected chi connectivity index (χ2v) is 5.07. The summed E-state index contributed by atoms with van der Waals surface area (Å²) in [6.45, 7) is 0.656. The van der Waals surface area contributed by atoms with Crippen LogP contribution < -0.4 is 5.32 Å². The van der Waals surface area contributed by atoms with Crippen molar-refractivity contribution in [1.82, 2.24) is 19.7 Å². The van der Waals surface area contributed by atoms with Crippen LogP contribution in [-0.4, -0.2) is 19.7 Å². The summed E-state index contributed by atoms with van der Waals surface area (Å²) in [5.74, 6) is 0.661. The molecule has 0 atom stereocenters. The van der Waals surface area contributed by atoms with Crippen LogP contribution >= 0.6 is 11.6 Å². The van der Waals surface area contributed by atoms with Gasteiger partial charge >= 0.3 is 0 Å². The number of aryl methyl sites for hydroxylation is 1. The first kappa shape index (κ1) is 13.6. The fraction of sp³-hybridized carbons (Fsp3) is 0.133. The Morgan fingerprint density at radius 3 is 2.86 bits per heavy atom. The summed E-state index contributed by atoms with van der Waals surface area (Å²) in [6, 6.07) is 8.29. The van der Waals surface area contributed by atoms with Gasteiger partial charge in [0.25, 0.3) is 0 Å². The van der Waals surface area contributed by atoms with Crippen molar-refractivity contribution in [3.63, 3.8) is 0 Å². The number of benzene rings is 1. The van der Waals surface area contributed by atoms with Gasteiger partial charge in [0.05, 0.1) is 18.6 Å². The molecule has 0 saturated heterocycles. The van der Waals surface area contributed by atoms with Gasteiger partial charge in [0.15, 0.2) is 0 Å². The van der Waals surface area contributed by atoms with Crippen molar-refractivity contribution in [3.05, 3.63) is 59.8 Å². The fourth-order valence-corrected chi connectivity index (χ4v) is 2.20. The van der Waals surface area contributed by atoms with Crippen LogP contribution in [-0.2, 0) is 13.6 Å². The molecular weight excluding hydrogens is 286 g/mol. The SMILES string of the molecule is Cn1cc(-c2cccc(CNc3cncc(Cl)n3)c2)cn1. The molecule has 0 radical (unpaired) electrons. The van der Waals surface area contributed by atoms with Gasteiger partial charge in [-0.3, -0.25) is 9.67 Å². The summed E-state index contributed by atoms with van der Waals surface area (Å²) in [5, 5.41) is 7.78. The summed E-state index contributed by atoms with van der Waals surface area (Å²) in [4.78, 5) is 8.15. The molecule has 5 nitrogen and oxygen atoms in total. The highest BCUT2D eigenvalue weighted by Gasteiger charge is 2.02. The third-order valence-electron chi connectivity index (χ3n) is 3.04. The molecule has 0 spiro atoms. The van der Waals surface area contributed by atoms with Crippen molar-refractivity contribution in [2.45, 2.75) is 6.54 Å². The van der Waals surface area contributed by atoms with Gasteiger partial charge in [-0.05, 0) is 17.2 Å². The molecular formula is C15H14ClN5. The van der Waals surface area contributed by atoms with E-state index in [1.54, 1.807) is 10.9 Å². The summed E-state index contributed by atoms with van der Waals surface area (Å²) in [6.07, 6.45) is 7.01. The average molecular weight is 300 g/mol. The molecule has 0 fully saturated rings. The molecule has 21 heavy (non-hydrogen) atoms. The monoisotopic (exact) mass is 299 g/mol. The maximum absolute atomic E-state index is 5.81. The third-order valence-corrected chi connectivity index (χ3v) is 3.23. The van der Waals surface area contributed by atoms with E-state index in [0.717, 1.165) is 16.7 Å². The molecule has 2 aromatic heterocycles. The van der Waals surface area contributed by atoms with Gasteiger partial charge in [0, 0.05) is 25.4 Å². The zero-order chi connectivity index (χ0) is 14.7. The normalized spacial score (nSPS) is 10.6. The van der Waals surface area contributed by atoms with Crippen LogP contribution in [0.3, 0.4) is 0 Å². The van der Waals surface area contributed by atoms with Crippen LogP contribution in [0.25, 0.3) is 11.1 Å². The Balaban J connectivity index is 1.74. The van der Waals surface area contributed by atoms with E-state index in [1.165, 1.54) is 6.20 Å². The molecule has 0 saturated carbocycles. The predicted octanol–water partition coefficient (Wildman–Crippen LogP) is 3.14. The van der Waals surface area contributed by atoms with Crippen molar-refractivity contribution in [3.8, 4) is 11.1 Å². The van der Waals surface area contributed by atoms with E-state index in [2.05, 4.69) is 38.6 Å². The van der Waals surface area contributed by atoms with Crippen molar-refractivity contribution in [2.24, 2.45) is 7.05 Å². The fourth-order valence-electron chi connectivity index (χ4n) is 2.05. The molecule has 0 aliphatic rings. The molecule has 1 N–H and O–H groups in total. The Bertz CT molecular complexity index is 753. The average Bonchev–Trinajstić information content (AvgIpc) is 2.92. The smallest absolute Gasteiger partial charge is 0.149 e. The topological polar surface area (TPSA) is 55.6 Å². The van der Waals surface area contributed by atoms with Crippen LogP contribution in [0, 0.1) is 0 Å². The van der Waals surface area contributed by atoms with Crippen molar-refractivity contribution >= 4 is 17.4 Å². The number of nitrogens with one attached hydrogen (secondary N) is 1. The minimum atomic E-state index is 0.379. The lowest BCUT2D eigenvalue weighted by Crippen LogP contribution is -2.01. The summed E-state index contributed by atoms with van der Waals surface area (Å²) >= 11 is 5.81. The van der Waals surface area contributed by atoms with Crippen LogP contribution in [0.5, 0.6) is 0 Å². The second kappa shape index (κ2) is 5.93. The van der Waals surface area contributed by atoms with Gasteiger partial charge in [-0.15, -0.1) is 0 Å². The number of aromatic nitrogens is 4. The zero-order valence-corrected chi connectivity index (χ0v) is 12.2. The lowest BCUT2D eigenvalue weighted by Gasteiger charge is -2.07. The number of hydrogen-bond donors (Lipinski definition) is 1. The Hall–Kier alpha value is -2.40.